The average molecular weight is 333 g/mol. The average Bonchev–Trinajstić information content (AvgIpc) is 2.67. The molecule has 0 saturated carbocycles. The van der Waals surface area contributed by atoms with Crippen molar-refractivity contribution in [1.29, 1.82) is 0 Å². The molecule has 2 aromatic heterocycles. The van der Waals surface area contributed by atoms with Gasteiger partial charge in [0.05, 0.1) is 18.2 Å². The Morgan fingerprint density at radius 2 is 2.12 bits per heavy atom. The number of hydrogen-bond donors (Lipinski definition) is 0. The summed E-state index contributed by atoms with van der Waals surface area (Å²) >= 11 is 0. The van der Waals surface area contributed by atoms with Crippen molar-refractivity contribution in [2.24, 2.45) is 0 Å². The molecule has 0 unspecified atom stereocenters. The lowest BCUT2D eigenvalue weighted by atomic mass is 10.0. The van der Waals surface area contributed by atoms with Crippen molar-refractivity contribution in [3.8, 4) is 0 Å². The van der Waals surface area contributed by atoms with Gasteiger partial charge in [0.1, 0.15) is 0 Å². The number of para-hydroxylation sites is 1. The monoisotopic (exact) mass is 333 g/mol. The Morgan fingerprint density at radius 1 is 1.20 bits per heavy atom. The largest absolute Gasteiger partial charge is 0.372 e. The molecule has 128 valence electrons. The van der Waals surface area contributed by atoms with Crippen LogP contribution in [0.5, 0.6) is 0 Å². The van der Waals surface area contributed by atoms with Gasteiger partial charge in [0, 0.05) is 42.3 Å². The first-order valence-electron chi connectivity index (χ1n) is 8.91. The van der Waals surface area contributed by atoms with E-state index in [-0.39, 0.29) is 6.10 Å². The lowest BCUT2D eigenvalue weighted by molar-refractivity contribution is 0.0315. The van der Waals surface area contributed by atoms with E-state index < -0.39 is 0 Å². The smallest absolute Gasteiger partial charge is 0.0755 e. The van der Waals surface area contributed by atoms with E-state index in [1.54, 1.807) is 6.20 Å². The van der Waals surface area contributed by atoms with Crippen molar-refractivity contribution in [3.05, 3.63) is 66.1 Å². The summed E-state index contributed by atoms with van der Waals surface area (Å²) in [4.78, 5) is 11.3. The number of fused-ring (bicyclic) bond motifs is 1. The zero-order chi connectivity index (χ0) is 17.1. The van der Waals surface area contributed by atoms with Gasteiger partial charge in [-0.3, -0.25) is 9.97 Å². The fourth-order valence-corrected chi connectivity index (χ4v) is 3.54. The Kier molecular flexibility index (Phi) is 4.61. The second-order valence-corrected chi connectivity index (χ2v) is 6.68. The van der Waals surface area contributed by atoms with Crippen molar-refractivity contribution in [2.45, 2.75) is 32.5 Å². The van der Waals surface area contributed by atoms with E-state index in [1.807, 2.05) is 12.3 Å². The molecule has 0 bridgehead atoms. The Morgan fingerprint density at radius 3 is 3.00 bits per heavy atom. The normalized spacial score (nSPS) is 17.8. The summed E-state index contributed by atoms with van der Waals surface area (Å²) in [5, 5.41) is 1.22. The molecule has 1 saturated heterocycles. The molecular formula is C21H23N3O. The maximum absolute atomic E-state index is 6.17. The molecule has 3 heterocycles. The van der Waals surface area contributed by atoms with Crippen LogP contribution < -0.4 is 4.90 Å². The summed E-state index contributed by atoms with van der Waals surface area (Å²) < 4.78 is 6.17. The van der Waals surface area contributed by atoms with Gasteiger partial charge in [-0.1, -0.05) is 24.3 Å². The van der Waals surface area contributed by atoms with Gasteiger partial charge in [-0.25, -0.2) is 0 Å². The second kappa shape index (κ2) is 7.19. The van der Waals surface area contributed by atoms with Crippen LogP contribution in [0, 0.1) is 6.92 Å². The lowest BCUT2D eigenvalue weighted by Crippen LogP contribution is -2.39. The van der Waals surface area contributed by atoms with E-state index in [0.29, 0.717) is 6.61 Å². The number of nitrogens with zero attached hydrogens (tertiary/aromatic N) is 3. The SMILES string of the molecule is Cc1cc(N2CCC[C@H](OCc3cccnc3)C2)c2ccccc2n1. The van der Waals surface area contributed by atoms with Crippen LogP contribution in [0.2, 0.25) is 0 Å². The van der Waals surface area contributed by atoms with E-state index in [2.05, 4.69) is 58.2 Å². The van der Waals surface area contributed by atoms with Gasteiger partial charge >= 0.3 is 0 Å². The number of piperidine rings is 1. The Hall–Kier alpha value is -2.46. The number of benzene rings is 1. The molecule has 4 rings (SSSR count). The predicted octanol–water partition coefficient (Wildman–Crippen LogP) is 4.12. The number of hydrogen-bond acceptors (Lipinski definition) is 4. The first-order valence-corrected chi connectivity index (χ1v) is 8.91. The second-order valence-electron chi connectivity index (χ2n) is 6.68. The van der Waals surface area contributed by atoms with Crippen molar-refractivity contribution >= 4 is 16.6 Å². The number of rotatable bonds is 4. The van der Waals surface area contributed by atoms with Crippen molar-refractivity contribution in [1.82, 2.24) is 9.97 Å². The third-order valence-corrected chi connectivity index (χ3v) is 4.75. The third kappa shape index (κ3) is 3.64. The van der Waals surface area contributed by atoms with Crippen LogP contribution in [-0.4, -0.2) is 29.2 Å². The number of ether oxygens (including phenoxy) is 1. The molecule has 4 nitrogen and oxygen atoms in total. The van der Waals surface area contributed by atoms with E-state index in [0.717, 1.165) is 42.7 Å². The molecule has 0 spiro atoms. The molecule has 0 amide bonds. The van der Waals surface area contributed by atoms with Gasteiger partial charge in [0.15, 0.2) is 0 Å². The number of aromatic nitrogens is 2. The predicted molar refractivity (Wildman–Crippen MR) is 101 cm³/mol. The molecular weight excluding hydrogens is 310 g/mol. The summed E-state index contributed by atoms with van der Waals surface area (Å²) in [5.41, 5.74) is 4.53. The number of aryl methyl sites for hydroxylation is 1. The Bertz CT molecular complexity index is 850. The number of anilines is 1. The van der Waals surface area contributed by atoms with Crippen LogP contribution >= 0.6 is 0 Å². The van der Waals surface area contributed by atoms with Gasteiger partial charge in [-0.2, -0.15) is 0 Å². The van der Waals surface area contributed by atoms with Crippen molar-refractivity contribution < 1.29 is 4.74 Å². The topological polar surface area (TPSA) is 38.2 Å². The highest BCUT2D eigenvalue weighted by molar-refractivity contribution is 5.92. The highest BCUT2D eigenvalue weighted by Gasteiger charge is 2.22. The molecule has 1 fully saturated rings. The summed E-state index contributed by atoms with van der Waals surface area (Å²) in [6.45, 7) is 4.69. The van der Waals surface area contributed by atoms with Crippen LogP contribution in [0.25, 0.3) is 10.9 Å². The fraction of sp³-hybridized carbons (Fsp3) is 0.333. The minimum Gasteiger partial charge on any atom is -0.372 e. The van der Waals surface area contributed by atoms with Gasteiger partial charge in [0.25, 0.3) is 0 Å². The molecule has 1 aliphatic heterocycles. The molecule has 1 aromatic carbocycles. The highest BCUT2D eigenvalue weighted by Crippen LogP contribution is 2.29. The minimum atomic E-state index is 0.251. The van der Waals surface area contributed by atoms with Crippen molar-refractivity contribution in [2.75, 3.05) is 18.0 Å². The minimum absolute atomic E-state index is 0.251. The molecule has 4 heteroatoms. The molecule has 1 aliphatic rings. The lowest BCUT2D eigenvalue weighted by Gasteiger charge is -2.35. The summed E-state index contributed by atoms with van der Waals surface area (Å²) in [5.74, 6) is 0. The summed E-state index contributed by atoms with van der Waals surface area (Å²) in [6, 6.07) is 14.6. The summed E-state index contributed by atoms with van der Waals surface area (Å²) in [6.07, 6.45) is 6.18. The third-order valence-electron chi connectivity index (χ3n) is 4.75. The van der Waals surface area contributed by atoms with Crippen LogP contribution in [0.15, 0.2) is 54.9 Å². The zero-order valence-corrected chi connectivity index (χ0v) is 14.6. The molecule has 0 N–H and O–H groups in total. The molecule has 1 atom stereocenters. The first-order chi connectivity index (χ1) is 12.3. The standard InChI is InChI=1S/C21H23N3O/c1-16-12-21(19-8-2-3-9-20(19)23-16)24-11-5-7-18(14-24)25-15-17-6-4-10-22-13-17/h2-4,6,8-10,12-13,18H,5,7,11,14-15H2,1H3/t18-/m0/s1. The van der Waals surface area contributed by atoms with E-state index in [1.165, 1.54) is 11.1 Å². The molecule has 0 aliphatic carbocycles. The van der Waals surface area contributed by atoms with Crippen LogP contribution in [0.3, 0.4) is 0 Å². The van der Waals surface area contributed by atoms with Crippen LogP contribution in [0.4, 0.5) is 5.69 Å². The Labute approximate surface area is 148 Å². The van der Waals surface area contributed by atoms with Crippen LogP contribution in [0.1, 0.15) is 24.1 Å². The van der Waals surface area contributed by atoms with Gasteiger partial charge < -0.3 is 9.64 Å². The van der Waals surface area contributed by atoms with Crippen LogP contribution in [-0.2, 0) is 11.3 Å². The maximum Gasteiger partial charge on any atom is 0.0755 e. The first kappa shape index (κ1) is 16.0. The fourth-order valence-electron chi connectivity index (χ4n) is 3.54. The maximum atomic E-state index is 6.17. The molecule has 0 radical (unpaired) electrons. The quantitative estimate of drug-likeness (QED) is 0.720. The Balaban J connectivity index is 1.51. The summed E-state index contributed by atoms with van der Waals surface area (Å²) in [7, 11) is 0. The van der Waals surface area contributed by atoms with Gasteiger partial charge in [-0.05, 0) is 43.5 Å². The molecule has 3 aromatic rings. The van der Waals surface area contributed by atoms with E-state index >= 15 is 0 Å². The van der Waals surface area contributed by atoms with Gasteiger partial charge in [-0.15, -0.1) is 0 Å². The van der Waals surface area contributed by atoms with Crippen molar-refractivity contribution in [3.63, 3.8) is 0 Å². The van der Waals surface area contributed by atoms with E-state index in [9.17, 15) is 0 Å². The highest BCUT2D eigenvalue weighted by atomic mass is 16.5. The van der Waals surface area contributed by atoms with Gasteiger partial charge in [0.2, 0.25) is 0 Å². The molecule has 25 heavy (non-hydrogen) atoms. The van der Waals surface area contributed by atoms with E-state index in [4.69, 9.17) is 4.74 Å². The zero-order valence-electron chi connectivity index (χ0n) is 14.6. The number of pyridine rings is 2.